The number of aliphatic hydroxyl groups is 1. The van der Waals surface area contributed by atoms with Crippen molar-refractivity contribution >= 4 is 11.4 Å². The topological polar surface area (TPSA) is 54.0 Å². The Kier molecular flexibility index (Phi) is 3.36. The molecular weight excluding hydrogens is 299 g/mol. The zero-order valence-corrected chi connectivity index (χ0v) is 12.5. The number of fused-ring (bicyclic) bond motifs is 1. The van der Waals surface area contributed by atoms with E-state index in [4.69, 9.17) is 9.47 Å². The van der Waals surface area contributed by atoms with Crippen LogP contribution in [0, 0.1) is 5.82 Å². The second-order valence-electron chi connectivity index (χ2n) is 5.98. The molecule has 0 unspecified atom stereocenters. The summed E-state index contributed by atoms with van der Waals surface area (Å²) >= 11 is 0. The van der Waals surface area contributed by atoms with E-state index in [1.165, 1.54) is 12.1 Å². The first-order valence-electron chi connectivity index (χ1n) is 7.48. The Morgan fingerprint density at radius 1 is 1.17 bits per heavy atom. The number of nitrogens with zero attached hydrogens (tertiary/aromatic N) is 1. The fourth-order valence-corrected chi connectivity index (χ4v) is 2.82. The van der Waals surface area contributed by atoms with Gasteiger partial charge in [-0.15, -0.1) is 0 Å². The van der Waals surface area contributed by atoms with Gasteiger partial charge in [-0.05, 0) is 36.4 Å². The van der Waals surface area contributed by atoms with Gasteiger partial charge in [0.1, 0.15) is 22.9 Å². The van der Waals surface area contributed by atoms with Gasteiger partial charge in [0.05, 0.1) is 37.8 Å². The summed E-state index contributed by atoms with van der Waals surface area (Å²) in [5, 5.41) is 13.6. The second-order valence-corrected chi connectivity index (χ2v) is 5.98. The molecule has 0 bridgehead atoms. The van der Waals surface area contributed by atoms with Gasteiger partial charge in [-0.1, -0.05) is 0 Å². The number of hydrogen-bond donors (Lipinski definition) is 2. The van der Waals surface area contributed by atoms with Crippen LogP contribution in [0.2, 0.25) is 0 Å². The lowest BCUT2D eigenvalue weighted by Gasteiger charge is -2.39. The number of anilines is 2. The third kappa shape index (κ3) is 2.83. The number of β-amino-alcohol motifs (C(OH)–C–C–N with tert-alkyl or cyclic N) is 1. The first-order chi connectivity index (χ1) is 11.1. The largest absolute Gasteiger partial charge is 0.457 e. The summed E-state index contributed by atoms with van der Waals surface area (Å²) < 4.78 is 23.8. The fraction of sp³-hybridized carbons (Fsp3) is 0.294. The predicted molar refractivity (Wildman–Crippen MR) is 84.5 cm³/mol. The molecule has 4 rings (SSSR count). The van der Waals surface area contributed by atoms with Gasteiger partial charge in [0.2, 0.25) is 0 Å². The molecule has 120 valence electrons. The lowest BCUT2D eigenvalue weighted by molar-refractivity contribution is -0.171. The van der Waals surface area contributed by atoms with Gasteiger partial charge in [0.25, 0.3) is 0 Å². The maximum absolute atomic E-state index is 12.9. The van der Waals surface area contributed by atoms with Crippen molar-refractivity contribution in [1.82, 2.24) is 0 Å². The Morgan fingerprint density at radius 2 is 1.91 bits per heavy atom. The number of hydrogen-bond acceptors (Lipinski definition) is 5. The summed E-state index contributed by atoms with van der Waals surface area (Å²) in [5.41, 5.74) is 1.20. The Labute approximate surface area is 133 Å². The van der Waals surface area contributed by atoms with E-state index < -0.39 is 5.60 Å². The Balaban J connectivity index is 1.53. The van der Waals surface area contributed by atoms with Gasteiger partial charge in [-0.25, -0.2) is 4.39 Å². The summed E-state index contributed by atoms with van der Waals surface area (Å²) in [6.07, 6.45) is 0. The zero-order chi connectivity index (χ0) is 15.9. The zero-order valence-electron chi connectivity index (χ0n) is 12.5. The molecule has 0 amide bonds. The van der Waals surface area contributed by atoms with Crippen molar-refractivity contribution in [1.29, 1.82) is 0 Å². The minimum absolute atomic E-state index is 0.294. The average Bonchev–Trinajstić information content (AvgIpc) is 2.90. The molecule has 6 heteroatoms. The van der Waals surface area contributed by atoms with Crippen molar-refractivity contribution in [2.45, 2.75) is 5.60 Å². The van der Waals surface area contributed by atoms with Crippen LogP contribution < -0.4 is 15.0 Å². The molecule has 0 saturated carbocycles. The summed E-state index contributed by atoms with van der Waals surface area (Å²) in [7, 11) is 0. The Morgan fingerprint density at radius 3 is 2.61 bits per heavy atom. The second kappa shape index (κ2) is 5.40. The van der Waals surface area contributed by atoms with Crippen LogP contribution in [0.4, 0.5) is 15.8 Å². The molecule has 2 N–H and O–H groups in total. The van der Waals surface area contributed by atoms with E-state index in [0.29, 0.717) is 37.9 Å². The van der Waals surface area contributed by atoms with Crippen LogP contribution in [-0.2, 0) is 4.74 Å². The molecule has 1 saturated heterocycles. The molecule has 0 aromatic heterocycles. The highest BCUT2D eigenvalue weighted by Gasteiger charge is 2.39. The first-order valence-corrected chi connectivity index (χ1v) is 7.48. The van der Waals surface area contributed by atoms with Crippen molar-refractivity contribution in [2.75, 3.05) is 36.6 Å². The van der Waals surface area contributed by atoms with Gasteiger partial charge < -0.3 is 24.8 Å². The summed E-state index contributed by atoms with van der Waals surface area (Å²) in [6, 6.07) is 11.6. The average molecular weight is 316 g/mol. The molecule has 5 nitrogen and oxygen atoms in total. The lowest BCUT2D eigenvalue weighted by Crippen LogP contribution is -2.57. The minimum atomic E-state index is -0.781. The molecule has 1 fully saturated rings. The summed E-state index contributed by atoms with van der Waals surface area (Å²) in [6.45, 7) is 1.87. The van der Waals surface area contributed by atoms with Crippen LogP contribution >= 0.6 is 0 Å². The van der Waals surface area contributed by atoms with Crippen molar-refractivity contribution in [2.24, 2.45) is 0 Å². The van der Waals surface area contributed by atoms with Crippen molar-refractivity contribution in [3.63, 3.8) is 0 Å². The predicted octanol–water partition coefficient (Wildman–Crippen LogP) is 2.57. The van der Waals surface area contributed by atoms with E-state index >= 15 is 0 Å². The van der Waals surface area contributed by atoms with E-state index in [1.807, 2.05) is 18.2 Å². The van der Waals surface area contributed by atoms with E-state index in [0.717, 1.165) is 11.4 Å². The molecule has 0 radical (unpaired) electrons. The van der Waals surface area contributed by atoms with Crippen LogP contribution in [0.1, 0.15) is 0 Å². The van der Waals surface area contributed by atoms with Crippen molar-refractivity contribution in [3.8, 4) is 11.5 Å². The van der Waals surface area contributed by atoms with Crippen molar-refractivity contribution < 1.29 is 19.0 Å². The van der Waals surface area contributed by atoms with Crippen molar-refractivity contribution in [3.05, 3.63) is 48.3 Å². The highest BCUT2D eigenvalue weighted by Crippen LogP contribution is 2.37. The van der Waals surface area contributed by atoms with Gasteiger partial charge >= 0.3 is 0 Å². The molecule has 23 heavy (non-hydrogen) atoms. The van der Waals surface area contributed by atoms with Crippen LogP contribution in [0.3, 0.4) is 0 Å². The summed E-state index contributed by atoms with van der Waals surface area (Å²) in [4.78, 5) is 2.06. The third-order valence-corrected chi connectivity index (χ3v) is 4.05. The van der Waals surface area contributed by atoms with E-state index in [1.54, 1.807) is 12.1 Å². The van der Waals surface area contributed by atoms with E-state index in [2.05, 4.69) is 10.2 Å². The van der Waals surface area contributed by atoms with Gasteiger partial charge in [-0.2, -0.15) is 0 Å². The first kappa shape index (κ1) is 14.3. The molecular formula is C17H17FN2O3. The molecule has 2 aromatic carbocycles. The molecule has 2 heterocycles. The smallest absolute Gasteiger partial charge is 0.129 e. The van der Waals surface area contributed by atoms with Crippen LogP contribution in [0.5, 0.6) is 11.5 Å². The van der Waals surface area contributed by atoms with Crippen LogP contribution in [0.25, 0.3) is 0 Å². The monoisotopic (exact) mass is 316 g/mol. The lowest BCUT2D eigenvalue weighted by atomic mass is 10.0. The third-order valence-electron chi connectivity index (χ3n) is 4.05. The number of benzene rings is 2. The number of nitrogens with one attached hydrogen (secondary N) is 1. The minimum Gasteiger partial charge on any atom is -0.457 e. The molecule has 2 aromatic rings. The van der Waals surface area contributed by atoms with Gasteiger partial charge in [0, 0.05) is 6.07 Å². The molecule has 0 spiro atoms. The van der Waals surface area contributed by atoms with Gasteiger partial charge in [0.15, 0.2) is 0 Å². The van der Waals surface area contributed by atoms with E-state index in [-0.39, 0.29) is 5.82 Å². The van der Waals surface area contributed by atoms with E-state index in [9.17, 15) is 9.50 Å². The molecule has 2 aliphatic heterocycles. The standard InChI is InChI=1S/C17H17FN2O3/c18-12-1-3-13(4-2-12)23-14-5-6-15-16(7-14)20(11-19-15)8-17(21)9-22-10-17/h1-7,19,21H,8-11H2. The molecule has 0 atom stereocenters. The number of rotatable bonds is 4. The summed E-state index contributed by atoms with van der Waals surface area (Å²) in [5.74, 6) is 0.952. The highest BCUT2D eigenvalue weighted by molar-refractivity contribution is 5.76. The normalized spacial score (nSPS) is 18.1. The van der Waals surface area contributed by atoms with Gasteiger partial charge in [-0.3, -0.25) is 0 Å². The number of ether oxygens (including phenoxy) is 2. The van der Waals surface area contributed by atoms with Crippen LogP contribution in [-0.4, -0.2) is 37.1 Å². The maximum Gasteiger partial charge on any atom is 0.129 e. The fourth-order valence-electron chi connectivity index (χ4n) is 2.82. The molecule has 2 aliphatic rings. The maximum atomic E-state index is 12.9. The quantitative estimate of drug-likeness (QED) is 0.908. The number of halogens is 1. The Hall–Kier alpha value is -2.31. The SMILES string of the molecule is OC1(CN2CNc3ccc(Oc4ccc(F)cc4)cc32)COC1. The van der Waals surface area contributed by atoms with Crippen LogP contribution in [0.15, 0.2) is 42.5 Å². The highest BCUT2D eigenvalue weighted by atomic mass is 19.1. The molecule has 0 aliphatic carbocycles. The Bertz CT molecular complexity index is 716.